The van der Waals surface area contributed by atoms with E-state index in [4.69, 9.17) is 4.74 Å². The van der Waals surface area contributed by atoms with E-state index in [1.54, 1.807) is 18.5 Å². The van der Waals surface area contributed by atoms with E-state index in [2.05, 4.69) is 32.4 Å². The highest BCUT2D eigenvalue weighted by molar-refractivity contribution is 6.00. The van der Waals surface area contributed by atoms with Gasteiger partial charge in [-0.25, -0.2) is 0 Å². The zero-order valence-electron chi connectivity index (χ0n) is 17.4. The molecule has 1 fully saturated rings. The Bertz CT molecular complexity index is 1120. The van der Waals surface area contributed by atoms with Crippen LogP contribution in [0.1, 0.15) is 24.8 Å². The van der Waals surface area contributed by atoms with Crippen molar-refractivity contribution < 1.29 is 22.7 Å². The molecule has 3 heterocycles. The number of nitrogens with one attached hydrogen (secondary N) is 1. The minimum atomic E-state index is -4.57. The second-order valence-electron chi connectivity index (χ2n) is 7.82. The van der Waals surface area contributed by atoms with Crippen LogP contribution in [0.4, 0.5) is 19.0 Å². The Labute approximate surface area is 182 Å². The van der Waals surface area contributed by atoms with E-state index in [0.29, 0.717) is 22.3 Å². The number of halogens is 3. The van der Waals surface area contributed by atoms with Gasteiger partial charge < -0.3 is 15.0 Å². The van der Waals surface area contributed by atoms with Gasteiger partial charge >= 0.3 is 6.18 Å². The predicted molar refractivity (Wildman–Crippen MR) is 113 cm³/mol. The number of benzene rings is 1. The average molecular weight is 445 g/mol. The van der Waals surface area contributed by atoms with Gasteiger partial charge in [-0.3, -0.25) is 9.78 Å². The van der Waals surface area contributed by atoms with Crippen LogP contribution in [-0.2, 0) is 11.0 Å². The van der Waals surface area contributed by atoms with Crippen LogP contribution in [0.2, 0.25) is 0 Å². The van der Waals surface area contributed by atoms with Gasteiger partial charge in [0.25, 0.3) is 6.47 Å². The van der Waals surface area contributed by atoms with Gasteiger partial charge in [-0.1, -0.05) is 0 Å². The van der Waals surface area contributed by atoms with E-state index in [1.165, 1.54) is 6.07 Å². The molecule has 0 spiro atoms. The highest BCUT2D eigenvalue weighted by atomic mass is 19.4. The van der Waals surface area contributed by atoms with Gasteiger partial charge in [0.1, 0.15) is 11.4 Å². The molecule has 32 heavy (non-hydrogen) atoms. The number of carbonyl (C=O) groups is 1. The molecule has 7 nitrogen and oxygen atoms in total. The van der Waals surface area contributed by atoms with Crippen molar-refractivity contribution in [2.24, 2.45) is 0 Å². The largest absolute Gasteiger partial charge is 0.428 e. The normalized spacial score (nSPS) is 17.7. The standard InChI is InChI=1S/C22H22F3N5O2/c1-30-9-2-3-15(7-10-30)27-21-18-12-26-8-6-16(18)20(28-29-21)17-5-4-14(22(23,24)25)11-19(17)32-13-31/h4-6,8,11-13,15H,2-3,7,9-10H2,1H3,(H,27,29). The van der Waals surface area contributed by atoms with Crippen LogP contribution in [0.3, 0.4) is 0 Å². The zero-order valence-corrected chi connectivity index (χ0v) is 17.4. The molecule has 0 radical (unpaired) electrons. The van der Waals surface area contributed by atoms with Gasteiger partial charge in [0.2, 0.25) is 0 Å². The summed E-state index contributed by atoms with van der Waals surface area (Å²) in [5, 5.41) is 13.4. The van der Waals surface area contributed by atoms with Crippen LogP contribution in [0.5, 0.6) is 5.75 Å². The van der Waals surface area contributed by atoms with Crippen LogP contribution in [0.15, 0.2) is 36.7 Å². The Hall–Kier alpha value is -3.27. The lowest BCUT2D eigenvalue weighted by atomic mass is 10.0. The third-order valence-corrected chi connectivity index (χ3v) is 5.61. The van der Waals surface area contributed by atoms with Crippen molar-refractivity contribution in [1.82, 2.24) is 20.1 Å². The third-order valence-electron chi connectivity index (χ3n) is 5.61. The average Bonchev–Trinajstić information content (AvgIpc) is 2.98. The lowest BCUT2D eigenvalue weighted by Gasteiger charge is -2.19. The van der Waals surface area contributed by atoms with E-state index >= 15 is 0 Å². The van der Waals surface area contributed by atoms with Gasteiger partial charge in [0, 0.05) is 34.8 Å². The number of aromatic nitrogens is 3. The first-order valence-corrected chi connectivity index (χ1v) is 10.2. The molecule has 1 unspecified atom stereocenters. The summed E-state index contributed by atoms with van der Waals surface area (Å²) >= 11 is 0. The number of likely N-dealkylation sites (tertiary alicyclic amines) is 1. The molecule has 168 valence electrons. The molecule has 2 aromatic heterocycles. The van der Waals surface area contributed by atoms with Gasteiger partial charge in [0.05, 0.1) is 5.56 Å². The summed E-state index contributed by atoms with van der Waals surface area (Å²) < 4.78 is 44.3. The Morgan fingerprint density at radius 2 is 2.00 bits per heavy atom. The predicted octanol–water partition coefficient (Wildman–Crippen LogP) is 4.14. The minimum Gasteiger partial charge on any atom is -0.428 e. The van der Waals surface area contributed by atoms with Crippen LogP contribution in [0, 0.1) is 0 Å². The molecular formula is C22H22F3N5O2. The van der Waals surface area contributed by atoms with Crippen molar-refractivity contribution in [3.63, 3.8) is 0 Å². The maximum Gasteiger partial charge on any atom is 0.416 e. The fourth-order valence-electron chi connectivity index (χ4n) is 3.92. The van der Waals surface area contributed by atoms with Crippen molar-refractivity contribution >= 4 is 23.1 Å². The summed E-state index contributed by atoms with van der Waals surface area (Å²) in [6.45, 7) is 2.10. The molecule has 0 amide bonds. The number of fused-ring (bicyclic) bond motifs is 1. The summed E-state index contributed by atoms with van der Waals surface area (Å²) in [6.07, 6.45) is 1.65. The molecule has 10 heteroatoms. The first-order chi connectivity index (χ1) is 15.4. The molecule has 3 aromatic rings. The molecule has 1 N–H and O–H groups in total. The fourth-order valence-corrected chi connectivity index (χ4v) is 3.92. The monoisotopic (exact) mass is 445 g/mol. The van der Waals surface area contributed by atoms with Crippen molar-refractivity contribution in [2.75, 3.05) is 25.5 Å². The molecule has 1 aliphatic heterocycles. The number of alkyl halides is 3. The van der Waals surface area contributed by atoms with Gasteiger partial charge in [-0.05, 0) is 63.7 Å². The number of rotatable bonds is 5. The molecule has 0 aliphatic carbocycles. The van der Waals surface area contributed by atoms with E-state index in [0.717, 1.165) is 44.5 Å². The fraction of sp³-hybridized carbons (Fsp3) is 0.364. The van der Waals surface area contributed by atoms with Gasteiger partial charge in [-0.15, -0.1) is 10.2 Å². The van der Waals surface area contributed by atoms with Crippen molar-refractivity contribution in [1.29, 1.82) is 0 Å². The first kappa shape index (κ1) is 21.9. The summed E-state index contributed by atoms with van der Waals surface area (Å²) in [7, 11) is 2.10. The summed E-state index contributed by atoms with van der Waals surface area (Å²) in [5.74, 6) is 0.325. The Balaban J connectivity index is 1.75. The number of ether oxygens (including phenoxy) is 1. The summed E-state index contributed by atoms with van der Waals surface area (Å²) in [5.41, 5.74) is -0.385. The quantitative estimate of drug-likeness (QED) is 0.591. The number of hydrogen-bond acceptors (Lipinski definition) is 7. The minimum absolute atomic E-state index is 0.0924. The summed E-state index contributed by atoms with van der Waals surface area (Å²) in [6, 6.07) is 4.89. The molecule has 1 aliphatic rings. The molecule has 1 saturated heterocycles. The van der Waals surface area contributed by atoms with Crippen LogP contribution >= 0.6 is 0 Å². The van der Waals surface area contributed by atoms with E-state index < -0.39 is 11.7 Å². The van der Waals surface area contributed by atoms with Crippen LogP contribution in [0.25, 0.3) is 22.0 Å². The highest BCUT2D eigenvalue weighted by Crippen LogP contribution is 2.39. The lowest BCUT2D eigenvalue weighted by molar-refractivity contribution is -0.138. The first-order valence-electron chi connectivity index (χ1n) is 10.2. The topological polar surface area (TPSA) is 80.2 Å². The Morgan fingerprint density at radius 3 is 2.78 bits per heavy atom. The van der Waals surface area contributed by atoms with Crippen molar-refractivity contribution in [3.8, 4) is 17.0 Å². The molecule has 0 bridgehead atoms. The second-order valence-corrected chi connectivity index (χ2v) is 7.82. The van der Waals surface area contributed by atoms with Gasteiger partial charge in [-0.2, -0.15) is 13.2 Å². The number of pyridine rings is 1. The number of anilines is 1. The maximum atomic E-state index is 13.1. The van der Waals surface area contributed by atoms with Gasteiger partial charge in [0.15, 0.2) is 5.82 Å². The van der Waals surface area contributed by atoms with Crippen molar-refractivity contribution in [3.05, 3.63) is 42.2 Å². The molecule has 1 aromatic carbocycles. The number of hydrogen-bond donors (Lipinski definition) is 1. The summed E-state index contributed by atoms with van der Waals surface area (Å²) in [4.78, 5) is 17.4. The third kappa shape index (κ3) is 4.64. The molecule has 0 saturated carbocycles. The molecular weight excluding hydrogens is 423 g/mol. The highest BCUT2D eigenvalue weighted by Gasteiger charge is 2.32. The SMILES string of the molecule is CN1CCCC(Nc2nnc(-c3ccc(C(F)(F)F)cc3OC=O)c3ccncc23)CC1. The Kier molecular flexibility index (Phi) is 6.22. The maximum absolute atomic E-state index is 13.1. The molecule has 4 rings (SSSR count). The van der Waals surface area contributed by atoms with E-state index in [-0.39, 0.29) is 23.8 Å². The lowest BCUT2D eigenvalue weighted by Crippen LogP contribution is -2.23. The smallest absolute Gasteiger partial charge is 0.416 e. The second kappa shape index (κ2) is 9.07. The number of carbonyl (C=O) groups excluding carboxylic acids is 1. The van der Waals surface area contributed by atoms with Crippen LogP contribution < -0.4 is 10.1 Å². The van der Waals surface area contributed by atoms with Crippen LogP contribution in [-0.4, -0.2) is 52.7 Å². The number of nitrogens with zero attached hydrogens (tertiary/aromatic N) is 4. The van der Waals surface area contributed by atoms with E-state index in [9.17, 15) is 18.0 Å². The van der Waals surface area contributed by atoms with E-state index in [1.807, 2.05) is 0 Å². The van der Waals surface area contributed by atoms with Crippen molar-refractivity contribution in [2.45, 2.75) is 31.5 Å². The zero-order chi connectivity index (χ0) is 22.7. The Morgan fingerprint density at radius 1 is 1.16 bits per heavy atom. The molecule has 1 atom stereocenters.